The van der Waals surface area contributed by atoms with Gasteiger partial charge in [0.2, 0.25) is 0 Å². The van der Waals surface area contributed by atoms with Crippen LogP contribution in [0, 0.1) is 0 Å². The van der Waals surface area contributed by atoms with Crippen LogP contribution in [0.3, 0.4) is 0 Å². The third kappa shape index (κ3) is 4.23. The van der Waals surface area contributed by atoms with Crippen molar-refractivity contribution < 1.29 is 24.2 Å². The minimum absolute atomic E-state index is 0.00538. The van der Waals surface area contributed by atoms with Gasteiger partial charge >= 0.3 is 0 Å². The zero-order valence-corrected chi connectivity index (χ0v) is 20.4. The summed E-state index contributed by atoms with van der Waals surface area (Å²) < 4.78 is 11.4. The van der Waals surface area contributed by atoms with Crippen molar-refractivity contribution in [3.05, 3.63) is 101 Å². The number of aliphatic hydroxyl groups is 1. The van der Waals surface area contributed by atoms with E-state index in [-0.39, 0.29) is 5.57 Å². The van der Waals surface area contributed by atoms with Gasteiger partial charge in [0, 0.05) is 0 Å². The van der Waals surface area contributed by atoms with Crippen molar-refractivity contribution in [3.63, 3.8) is 0 Å². The molecule has 0 spiro atoms. The number of aliphatic hydroxyl groups excluding tert-OH is 1. The Morgan fingerprint density at radius 1 is 1.00 bits per heavy atom. The van der Waals surface area contributed by atoms with Crippen LogP contribution < -0.4 is 14.4 Å². The van der Waals surface area contributed by atoms with Gasteiger partial charge in [-0.2, -0.15) is 0 Å². The van der Waals surface area contributed by atoms with Gasteiger partial charge in [0.15, 0.2) is 16.7 Å². The lowest BCUT2D eigenvalue weighted by atomic mass is 9.95. The summed E-state index contributed by atoms with van der Waals surface area (Å²) >= 11 is 1.28. The molecule has 0 radical (unpaired) electrons. The third-order valence-electron chi connectivity index (χ3n) is 5.92. The zero-order valence-electron chi connectivity index (χ0n) is 19.5. The van der Waals surface area contributed by atoms with Gasteiger partial charge in [0.1, 0.15) is 11.5 Å². The Morgan fingerprint density at radius 2 is 1.69 bits per heavy atom. The second kappa shape index (κ2) is 9.67. The molecule has 1 amide bonds. The smallest absolute Gasteiger partial charge is 0.296 e. The van der Waals surface area contributed by atoms with Gasteiger partial charge in [0.25, 0.3) is 5.91 Å². The van der Waals surface area contributed by atoms with Crippen LogP contribution in [0.15, 0.2) is 90.2 Å². The minimum Gasteiger partial charge on any atom is -0.503 e. The highest BCUT2D eigenvalue weighted by atomic mass is 32.1. The first-order valence-corrected chi connectivity index (χ1v) is 11.9. The Morgan fingerprint density at radius 3 is 2.39 bits per heavy atom. The van der Waals surface area contributed by atoms with Crippen molar-refractivity contribution in [3.8, 4) is 11.5 Å². The normalized spacial score (nSPS) is 15.8. The maximum Gasteiger partial charge on any atom is 0.296 e. The molecule has 1 aromatic heterocycles. The van der Waals surface area contributed by atoms with Crippen LogP contribution >= 0.6 is 11.3 Å². The van der Waals surface area contributed by atoms with Crippen molar-refractivity contribution in [2.24, 2.45) is 0 Å². The topological polar surface area (TPSA) is 89.0 Å². The van der Waals surface area contributed by atoms with E-state index in [1.165, 1.54) is 22.3 Å². The first kappa shape index (κ1) is 23.3. The first-order valence-electron chi connectivity index (χ1n) is 11.1. The molecule has 7 nitrogen and oxygen atoms in total. The highest BCUT2D eigenvalue weighted by molar-refractivity contribution is 7.22. The summed E-state index contributed by atoms with van der Waals surface area (Å²) in [4.78, 5) is 32.7. The van der Waals surface area contributed by atoms with E-state index in [0.29, 0.717) is 27.7 Å². The van der Waals surface area contributed by atoms with E-state index >= 15 is 0 Å². The number of carbonyl (C=O) groups is 2. The molecule has 5 rings (SSSR count). The summed E-state index contributed by atoms with van der Waals surface area (Å²) in [5.74, 6) is -0.434. The number of fused-ring (bicyclic) bond motifs is 1. The highest BCUT2D eigenvalue weighted by Gasteiger charge is 2.45. The van der Waals surface area contributed by atoms with Crippen molar-refractivity contribution in [1.82, 2.24) is 4.98 Å². The summed E-state index contributed by atoms with van der Waals surface area (Å²) in [5.41, 5.74) is 2.14. The van der Waals surface area contributed by atoms with E-state index in [2.05, 4.69) is 4.98 Å². The molecular formula is C28H22N2O5S. The van der Waals surface area contributed by atoms with E-state index in [1.54, 1.807) is 56.7 Å². The molecule has 0 saturated carbocycles. The van der Waals surface area contributed by atoms with Crippen molar-refractivity contribution in [2.75, 3.05) is 19.1 Å². The second-order valence-corrected chi connectivity index (χ2v) is 9.06. The first-order chi connectivity index (χ1) is 17.5. The number of benzene rings is 3. The molecule has 3 aromatic carbocycles. The summed E-state index contributed by atoms with van der Waals surface area (Å²) in [7, 11) is 3.14. The molecule has 2 heterocycles. The quantitative estimate of drug-likeness (QED) is 0.339. The number of rotatable bonds is 7. The lowest BCUT2D eigenvalue weighted by molar-refractivity contribution is -0.117. The minimum atomic E-state index is -0.862. The Hall–Kier alpha value is -4.43. The standard InChI is InChI=1S/C28H22N2O5S/c1-34-19-11-9-18(10-12-19)25-24(22(31)15-8-17-6-4-3-5-7-17)26(32)27(33)30(25)28-29-21-14-13-20(35-2)16-23(21)36-28/h3-16,25,32H,1-2H3. The maximum absolute atomic E-state index is 13.4. The number of ether oxygens (including phenoxy) is 2. The molecule has 0 bridgehead atoms. The molecule has 1 N–H and O–H groups in total. The Bertz CT molecular complexity index is 1510. The zero-order chi connectivity index (χ0) is 25.2. The fourth-order valence-electron chi connectivity index (χ4n) is 4.10. The molecule has 1 aliphatic rings. The Labute approximate surface area is 211 Å². The fraction of sp³-hybridized carbons (Fsp3) is 0.107. The number of thiazole rings is 1. The second-order valence-electron chi connectivity index (χ2n) is 8.05. The average Bonchev–Trinajstić information content (AvgIpc) is 3.45. The number of hydrogen-bond acceptors (Lipinski definition) is 7. The van der Waals surface area contributed by atoms with E-state index < -0.39 is 23.5 Å². The van der Waals surface area contributed by atoms with Gasteiger partial charge < -0.3 is 14.6 Å². The van der Waals surface area contributed by atoms with Crippen LogP contribution in [0.1, 0.15) is 17.2 Å². The van der Waals surface area contributed by atoms with Crippen molar-refractivity contribution >= 4 is 44.5 Å². The highest BCUT2D eigenvalue weighted by Crippen LogP contribution is 2.44. The number of anilines is 1. The van der Waals surface area contributed by atoms with Gasteiger partial charge in [-0.15, -0.1) is 0 Å². The molecule has 0 aliphatic carbocycles. The molecule has 36 heavy (non-hydrogen) atoms. The lowest BCUT2D eigenvalue weighted by Gasteiger charge is -2.24. The summed E-state index contributed by atoms with van der Waals surface area (Å²) in [6.07, 6.45) is 3.03. The number of nitrogens with zero attached hydrogens (tertiary/aromatic N) is 2. The van der Waals surface area contributed by atoms with Crippen LogP contribution in [0.25, 0.3) is 16.3 Å². The SMILES string of the molecule is COc1ccc(C2C(C(=O)C=Cc3ccccc3)=C(O)C(=O)N2c2nc3ccc(OC)cc3s2)cc1. The predicted octanol–water partition coefficient (Wildman–Crippen LogP) is 5.50. The molecule has 0 saturated heterocycles. The van der Waals surface area contributed by atoms with Gasteiger partial charge in [-0.1, -0.05) is 59.9 Å². The maximum atomic E-state index is 13.4. The molecule has 180 valence electrons. The van der Waals surface area contributed by atoms with Crippen LogP contribution in [-0.2, 0) is 9.59 Å². The van der Waals surface area contributed by atoms with Crippen LogP contribution in [-0.4, -0.2) is 36.0 Å². The third-order valence-corrected chi connectivity index (χ3v) is 6.94. The number of aromatic nitrogens is 1. The summed E-state index contributed by atoms with van der Waals surface area (Å²) in [6.45, 7) is 0. The van der Waals surface area contributed by atoms with E-state index in [4.69, 9.17) is 9.47 Å². The Balaban J connectivity index is 1.60. The molecular weight excluding hydrogens is 476 g/mol. The number of methoxy groups -OCH3 is 2. The van der Waals surface area contributed by atoms with E-state index in [1.807, 2.05) is 36.4 Å². The van der Waals surface area contributed by atoms with Gasteiger partial charge in [0.05, 0.1) is 36.1 Å². The molecule has 0 fully saturated rings. The van der Waals surface area contributed by atoms with Crippen LogP contribution in [0.2, 0.25) is 0 Å². The predicted molar refractivity (Wildman–Crippen MR) is 140 cm³/mol. The Kier molecular flexibility index (Phi) is 6.26. The van der Waals surface area contributed by atoms with Crippen LogP contribution in [0.5, 0.6) is 11.5 Å². The average molecular weight is 499 g/mol. The number of ketones is 1. The van der Waals surface area contributed by atoms with Crippen LogP contribution in [0.4, 0.5) is 5.13 Å². The largest absolute Gasteiger partial charge is 0.503 e. The molecule has 4 aromatic rings. The molecule has 1 atom stereocenters. The molecule has 8 heteroatoms. The fourth-order valence-corrected chi connectivity index (χ4v) is 5.13. The number of carbonyl (C=O) groups excluding carboxylic acids is 2. The van der Waals surface area contributed by atoms with Gasteiger partial charge in [-0.05, 0) is 47.5 Å². The van der Waals surface area contributed by atoms with E-state index in [9.17, 15) is 14.7 Å². The monoisotopic (exact) mass is 498 g/mol. The lowest BCUT2D eigenvalue weighted by Crippen LogP contribution is -2.30. The van der Waals surface area contributed by atoms with E-state index in [0.717, 1.165) is 10.3 Å². The van der Waals surface area contributed by atoms with Gasteiger partial charge in [-0.25, -0.2) is 4.98 Å². The summed E-state index contributed by atoms with van der Waals surface area (Å²) in [6, 6.07) is 20.9. The number of allylic oxidation sites excluding steroid dienone is 1. The molecule has 1 aliphatic heterocycles. The van der Waals surface area contributed by atoms with Crippen molar-refractivity contribution in [1.29, 1.82) is 0 Å². The number of hydrogen-bond donors (Lipinski definition) is 1. The van der Waals surface area contributed by atoms with Gasteiger partial charge in [-0.3, -0.25) is 14.5 Å². The van der Waals surface area contributed by atoms with Crippen molar-refractivity contribution in [2.45, 2.75) is 6.04 Å². The number of amides is 1. The molecule has 1 unspecified atom stereocenters. The summed E-state index contributed by atoms with van der Waals surface area (Å²) in [5, 5.41) is 11.3.